The number of hydrogen-bond acceptors (Lipinski definition) is 2. The molecule has 0 fully saturated rings. The van der Waals surface area contributed by atoms with Gasteiger partial charge in [0.1, 0.15) is 0 Å². The van der Waals surface area contributed by atoms with Crippen LogP contribution in [0.15, 0.2) is 0 Å². The van der Waals surface area contributed by atoms with Gasteiger partial charge in [-0.15, -0.1) is 0 Å². The number of aliphatic carboxylic acids is 1. The first-order valence-corrected chi connectivity index (χ1v) is 6.21. The number of amides is 1. The van der Waals surface area contributed by atoms with Gasteiger partial charge in [0.05, 0.1) is 0 Å². The molecule has 0 saturated carbocycles. The van der Waals surface area contributed by atoms with Crippen LogP contribution in [0.25, 0.3) is 0 Å². The molecule has 0 bridgehead atoms. The Labute approximate surface area is 76.3 Å². The molecular formula is C6H11NO4Se. The molecule has 0 heterocycles. The molecule has 1 amide bonds. The van der Waals surface area contributed by atoms with Crippen LogP contribution < -0.4 is 5.32 Å². The van der Waals surface area contributed by atoms with Gasteiger partial charge in [0.15, 0.2) is 0 Å². The summed E-state index contributed by atoms with van der Waals surface area (Å²) in [6.45, 7) is 0. The van der Waals surface area contributed by atoms with Gasteiger partial charge in [0.25, 0.3) is 0 Å². The summed E-state index contributed by atoms with van der Waals surface area (Å²) in [7, 11) is 0. The fourth-order valence-corrected chi connectivity index (χ4v) is 1.63. The first-order valence-electron chi connectivity index (χ1n) is 3.29. The molecule has 6 heteroatoms. The van der Waals surface area contributed by atoms with Gasteiger partial charge in [0.2, 0.25) is 0 Å². The Morgan fingerprint density at radius 1 is 1.50 bits per heavy atom. The van der Waals surface area contributed by atoms with E-state index in [-0.39, 0.29) is 0 Å². The molecule has 0 aromatic rings. The molecule has 5 nitrogen and oxygen atoms in total. The third-order valence-electron chi connectivity index (χ3n) is 1.21. The standard InChI is InChI=1S/C6H11NO4Se/c1-12-3-2-4(5(8)9)7-6(10)11/h4,7H,2-3H2,1H3,(H,8,9)(H,10,11)/t4-/m0/s1. The minimum atomic E-state index is -1.29. The summed E-state index contributed by atoms with van der Waals surface area (Å²) >= 11 is 0.383. The number of hydrogen-bond donors (Lipinski definition) is 3. The molecule has 12 heavy (non-hydrogen) atoms. The second-order valence-corrected chi connectivity index (χ2v) is 4.19. The fraction of sp³-hybridized carbons (Fsp3) is 0.667. The molecule has 70 valence electrons. The fourth-order valence-electron chi connectivity index (χ4n) is 0.642. The molecule has 0 unspecified atom stereocenters. The summed E-state index contributed by atoms with van der Waals surface area (Å²) in [4.78, 5) is 20.5. The van der Waals surface area contributed by atoms with Crippen LogP contribution in [0.5, 0.6) is 0 Å². The molecule has 1 atom stereocenters. The van der Waals surface area contributed by atoms with E-state index >= 15 is 0 Å². The summed E-state index contributed by atoms with van der Waals surface area (Å²) in [5.74, 6) is 0.869. The Hall–Kier alpha value is -0.741. The number of carboxylic acid groups (broad SMARTS) is 2. The molecule has 3 N–H and O–H groups in total. The van der Waals surface area contributed by atoms with E-state index in [1.54, 1.807) is 0 Å². The van der Waals surface area contributed by atoms with Crippen molar-refractivity contribution in [1.29, 1.82) is 0 Å². The van der Waals surface area contributed by atoms with Crippen LogP contribution in [0.3, 0.4) is 0 Å². The Kier molecular flexibility index (Phi) is 5.49. The van der Waals surface area contributed by atoms with E-state index in [0.29, 0.717) is 21.4 Å². The third kappa shape index (κ3) is 4.98. The van der Waals surface area contributed by atoms with Crippen LogP contribution in [0.4, 0.5) is 4.79 Å². The number of nitrogens with one attached hydrogen (secondary N) is 1. The van der Waals surface area contributed by atoms with Crippen molar-refractivity contribution in [1.82, 2.24) is 5.32 Å². The topological polar surface area (TPSA) is 86.6 Å². The van der Waals surface area contributed by atoms with E-state index in [2.05, 4.69) is 0 Å². The first-order chi connectivity index (χ1) is 5.57. The molecule has 0 spiro atoms. The summed E-state index contributed by atoms with van der Waals surface area (Å²) < 4.78 is 0. The molecule has 0 rings (SSSR count). The van der Waals surface area contributed by atoms with Crippen molar-refractivity contribution in [3.05, 3.63) is 0 Å². The molecule has 0 radical (unpaired) electrons. The molecule has 0 aromatic heterocycles. The van der Waals surface area contributed by atoms with Crippen LogP contribution in [0.1, 0.15) is 6.42 Å². The van der Waals surface area contributed by atoms with Crippen LogP contribution in [-0.2, 0) is 4.79 Å². The van der Waals surface area contributed by atoms with Crippen LogP contribution in [0.2, 0.25) is 11.1 Å². The van der Waals surface area contributed by atoms with E-state index in [1.165, 1.54) is 0 Å². The summed E-state index contributed by atoms with van der Waals surface area (Å²) in [6.07, 6.45) is -0.913. The third-order valence-corrected chi connectivity index (χ3v) is 2.56. The molecule has 0 saturated heterocycles. The number of carboxylic acids is 1. The SMILES string of the molecule is C[Se]CC[C@H](NC(=O)O)C(=O)O. The Bertz CT molecular complexity index is 173. The van der Waals surface area contributed by atoms with Crippen LogP contribution in [0, 0.1) is 0 Å². The Morgan fingerprint density at radius 3 is 2.42 bits per heavy atom. The van der Waals surface area contributed by atoms with E-state index in [1.807, 2.05) is 11.1 Å². The second kappa shape index (κ2) is 5.85. The van der Waals surface area contributed by atoms with Gasteiger partial charge in [0, 0.05) is 0 Å². The average molecular weight is 240 g/mol. The normalized spacial score (nSPS) is 12.1. The van der Waals surface area contributed by atoms with Gasteiger partial charge < -0.3 is 0 Å². The van der Waals surface area contributed by atoms with Gasteiger partial charge in [-0.05, 0) is 0 Å². The van der Waals surface area contributed by atoms with Crippen LogP contribution in [-0.4, -0.2) is 43.3 Å². The van der Waals surface area contributed by atoms with Gasteiger partial charge >= 0.3 is 75.7 Å². The molecule has 0 aliphatic carbocycles. The summed E-state index contributed by atoms with van der Waals surface area (Å²) in [6, 6.07) is -0.954. The summed E-state index contributed by atoms with van der Waals surface area (Å²) in [5.41, 5.74) is 0. The Balaban J connectivity index is 3.87. The van der Waals surface area contributed by atoms with E-state index < -0.39 is 18.1 Å². The Morgan fingerprint density at radius 2 is 2.08 bits per heavy atom. The summed E-state index contributed by atoms with van der Waals surface area (Å²) in [5, 5.41) is 19.5. The van der Waals surface area contributed by atoms with E-state index in [4.69, 9.17) is 10.2 Å². The maximum atomic E-state index is 10.4. The maximum absolute atomic E-state index is 10.4. The van der Waals surface area contributed by atoms with E-state index in [9.17, 15) is 9.59 Å². The van der Waals surface area contributed by atoms with Gasteiger partial charge in [-0.3, -0.25) is 0 Å². The molecule has 0 aromatic carbocycles. The quantitative estimate of drug-likeness (QED) is 0.602. The van der Waals surface area contributed by atoms with Crippen molar-refractivity contribution in [3.63, 3.8) is 0 Å². The van der Waals surface area contributed by atoms with Gasteiger partial charge in [-0.25, -0.2) is 0 Å². The van der Waals surface area contributed by atoms with Crippen molar-refractivity contribution >= 4 is 27.0 Å². The number of carbonyl (C=O) groups is 2. The predicted molar refractivity (Wildman–Crippen MR) is 43.6 cm³/mol. The minimum absolute atomic E-state index is 0.373. The van der Waals surface area contributed by atoms with Gasteiger partial charge in [-0.1, -0.05) is 0 Å². The first kappa shape index (κ1) is 11.3. The molecule has 0 aliphatic rings. The van der Waals surface area contributed by atoms with E-state index in [0.717, 1.165) is 5.32 Å². The zero-order chi connectivity index (χ0) is 9.56. The van der Waals surface area contributed by atoms with Crippen LogP contribution >= 0.6 is 0 Å². The predicted octanol–water partition coefficient (Wildman–Crippen LogP) is 0.268. The van der Waals surface area contributed by atoms with Crippen molar-refractivity contribution < 1.29 is 19.8 Å². The monoisotopic (exact) mass is 241 g/mol. The molecular weight excluding hydrogens is 229 g/mol. The van der Waals surface area contributed by atoms with Crippen molar-refractivity contribution in [2.45, 2.75) is 23.6 Å². The second-order valence-electron chi connectivity index (χ2n) is 2.12. The van der Waals surface area contributed by atoms with Crippen molar-refractivity contribution in [3.8, 4) is 0 Å². The zero-order valence-corrected chi connectivity index (χ0v) is 8.32. The van der Waals surface area contributed by atoms with Gasteiger partial charge in [-0.2, -0.15) is 0 Å². The molecule has 0 aliphatic heterocycles. The van der Waals surface area contributed by atoms with Crippen molar-refractivity contribution in [2.75, 3.05) is 0 Å². The average Bonchev–Trinajstić information content (AvgIpc) is 1.96. The van der Waals surface area contributed by atoms with Crippen molar-refractivity contribution in [2.24, 2.45) is 0 Å². The number of rotatable bonds is 5. The zero-order valence-electron chi connectivity index (χ0n) is 6.61.